The van der Waals surface area contributed by atoms with Crippen molar-refractivity contribution in [2.45, 2.75) is 18.8 Å². The SMILES string of the molecule is O=C(O)CC(CC(=O)O)c1cccc(Br)n1. The van der Waals surface area contributed by atoms with Gasteiger partial charge in [0, 0.05) is 11.6 Å². The molecule has 0 aliphatic heterocycles. The first kappa shape index (κ1) is 12.6. The van der Waals surface area contributed by atoms with Crippen LogP contribution in [0.25, 0.3) is 0 Å². The van der Waals surface area contributed by atoms with Crippen LogP contribution >= 0.6 is 15.9 Å². The van der Waals surface area contributed by atoms with Crippen LogP contribution in [0.3, 0.4) is 0 Å². The van der Waals surface area contributed by atoms with Crippen molar-refractivity contribution in [3.63, 3.8) is 0 Å². The molecule has 0 aromatic carbocycles. The summed E-state index contributed by atoms with van der Waals surface area (Å²) in [4.78, 5) is 25.3. The summed E-state index contributed by atoms with van der Waals surface area (Å²) in [6.45, 7) is 0. The lowest BCUT2D eigenvalue weighted by Crippen LogP contribution is -2.12. The number of rotatable bonds is 5. The van der Waals surface area contributed by atoms with E-state index in [0.717, 1.165) is 0 Å². The normalized spacial score (nSPS) is 10.4. The van der Waals surface area contributed by atoms with E-state index in [1.807, 2.05) is 0 Å². The molecule has 0 saturated heterocycles. The highest BCUT2D eigenvalue weighted by Crippen LogP contribution is 2.23. The Balaban J connectivity index is 2.90. The van der Waals surface area contributed by atoms with E-state index >= 15 is 0 Å². The van der Waals surface area contributed by atoms with Crippen molar-refractivity contribution in [2.24, 2.45) is 0 Å². The van der Waals surface area contributed by atoms with E-state index in [4.69, 9.17) is 10.2 Å². The Labute approximate surface area is 100 Å². The lowest BCUT2D eigenvalue weighted by atomic mass is 9.97. The maximum atomic E-state index is 10.6. The van der Waals surface area contributed by atoms with Crippen LogP contribution in [0.1, 0.15) is 24.5 Å². The topological polar surface area (TPSA) is 87.5 Å². The minimum absolute atomic E-state index is 0.240. The van der Waals surface area contributed by atoms with Gasteiger partial charge in [0.15, 0.2) is 0 Å². The molecule has 1 aromatic rings. The lowest BCUT2D eigenvalue weighted by molar-refractivity contribution is -0.139. The predicted octanol–water partition coefficient (Wildman–Crippen LogP) is 1.88. The summed E-state index contributed by atoms with van der Waals surface area (Å²) in [7, 11) is 0. The van der Waals surface area contributed by atoms with Crippen LogP contribution in [0.15, 0.2) is 22.8 Å². The number of carbonyl (C=O) groups is 2. The van der Waals surface area contributed by atoms with Gasteiger partial charge in [-0.15, -0.1) is 0 Å². The Bertz CT molecular complexity index is 392. The van der Waals surface area contributed by atoms with Gasteiger partial charge < -0.3 is 10.2 Å². The average molecular weight is 288 g/mol. The zero-order chi connectivity index (χ0) is 12.1. The minimum atomic E-state index is -1.03. The molecule has 1 heterocycles. The molecule has 0 amide bonds. The largest absolute Gasteiger partial charge is 0.481 e. The number of aromatic nitrogens is 1. The zero-order valence-corrected chi connectivity index (χ0v) is 9.85. The summed E-state index contributed by atoms with van der Waals surface area (Å²) in [6.07, 6.45) is -0.481. The minimum Gasteiger partial charge on any atom is -0.481 e. The van der Waals surface area contributed by atoms with E-state index in [1.165, 1.54) is 0 Å². The van der Waals surface area contributed by atoms with Crippen LogP contribution in [0, 0.1) is 0 Å². The van der Waals surface area contributed by atoms with E-state index < -0.39 is 17.9 Å². The second kappa shape index (κ2) is 5.60. The number of pyridine rings is 1. The smallest absolute Gasteiger partial charge is 0.304 e. The standard InChI is InChI=1S/C10H10BrNO4/c11-8-3-1-2-7(12-8)6(4-9(13)14)5-10(15)16/h1-3,6H,4-5H2,(H,13,14)(H,15,16). The fourth-order valence-corrected chi connectivity index (χ4v) is 1.71. The van der Waals surface area contributed by atoms with Gasteiger partial charge >= 0.3 is 11.9 Å². The van der Waals surface area contributed by atoms with Crippen molar-refractivity contribution in [3.05, 3.63) is 28.5 Å². The van der Waals surface area contributed by atoms with Gasteiger partial charge in [-0.05, 0) is 28.1 Å². The van der Waals surface area contributed by atoms with Gasteiger partial charge in [-0.3, -0.25) is 9.59 Å². The Morgan fingerprint density at radius 3 is 2.25 bits per heavy atom. The lowest BCUT2D eigenvalue weighted by Gasteiger charge is -2.11. The number of hydrogen-bond acceptors (Lipinski definition) is 3. The third-order valence-electron chi connectivity index (χ3n) is 2.00. The third-order valence-corrected chi connectivity index (χ3v) is 2.44. The molecule has 2 N–H and O–H groups in total. The molecular weight excluding hydrogens is 278 g/mol. The quantitative estimate of drug-likeness (QED) is 0.808. The van der Waals surface area contributed by atoms with E-state index in [9.17, 15) is 9.59 Å². The maximum absolute atomic E-state index is 10.6. The monoisotopic (exact) mass is 287 g/mol. The Kier molecular flexibility index (Phi) is 4.42. The molecule has 86 valence electrons. The molecule has 6 heteroatoms. The van der Waals surface area contributed by atoms with Crippen molar-refractivity contribution < 1.29 is 19.8 Å². The summed E-state index contributed by atoms with van der Waals surface area (Å²) in [5.74, 6) is -2.67. The van der Waals surface area contributed by atoms with Crippen LogP contribution in [0.2, 0.25) is 0 Å². The summed E-state index contributed by atoms with van der Waals surface area (Å²) < 4.78 is 0.561. The molecule has 0 fully saturated rings. The number of carboxylic acid groups (broad SMARTS) is 2. The van der Waals surface area contributed by atoms with E-state index in [0.29, 0.717) is 10.3 Å². The first-order valence-corrected chi connectivity index (χ1v) is 5.34. The summed E-state index contributed by atoms with van der Waals surface area (Å²) >= 11 is 3.16. The molecule has 16 heavy (non-hydrogen) atoms. The van der Waals surface area contributed by atoms with Crippen molar-refractivity contribution in [1.82, 2.24) is 4.98 Å². The maximum Gasteiger partial charge on any atom is 0.304 e. The van der Waals surface area contributed by atoms with Crippen molar-refractivity contribution >= 4 is 27.9 Å². The number of nitrogens with zero attached hydrogens (tertiary/aromatic N) is 1. The Morgan fingerprint density at radius 2 is 1.81 bits per heavy atom. The second-order valence-corrected chi connectivity index (χ2v) is 4.09. The first-order chi connectivity index (χ1) is 7.49. The van der Waals surface area contributed by atoms with Gasteiger partial charge in [-0.25, -0.2) is 4.98 Å². The Morgan fingerprint density at radius 1 is 1.25 bits per heavy atom. The van der Waals surface area contributed by atoms with Crippen LogP contribution in [0.4, 0.5) is 0 Å². The third kappa shape index (κ3) is 3.98. The van der Waals surface area contributed by atoms with E-state index in [-0.39, 0.29) is 12.8 Å². The first-order valence-electron chi connectivity index (χ1n) is 4.55. The molecule has 1 rings (SSSR count). The number of hydrogen-bond donors (Lipinski definition) is 2. The molecular formula is C10H10BrNO4. The fourth-order valence-electron chi connectivity index (χ4n) is 1.35. The van der Waals surface area contributed by atoms with Gasteiger partial charge in [0.25, 0.3) is 0 Å². The number of aliphatic carboxylic acids is 2. The molecule has 1 aromatic heterocycles. The van der Waals surface area contributed by atoms with Crippen molar-refractivity contribution in [1.29, 1.82) is 0 Å². The molecule has 0 saturated carbocycles. The summed E-state index contributed by atoms with van der Waals surface area (Å²) in [5.41, 5.74) is 0.471. The predicted molar refractivity (Wildman–Crippen MR) is 59.2 cm³/mol. The summed E-state index contributed by atoms with van der Waals surface area (Å²) in [5, 5.41) is 17.4. The highest BCUT2D eigenvalue weighted by Gasteiger charge is 2.20. The van der Waals surface area contributed by atoms with Gasteiger partial charge in [0.05, 0.1) is 12.8 Å². The van der Waals surface area contributed by atoms with E-state index in [1.54, 1.807) is 18.2 Å². The highest BCUT2D eigenvalue weighted by atomic mass is 79.9. The number of carboxylic acids is 2. The zero-order valence-electron chi connectivity index (χ0n) is 8.26. The van der Waals surface area contributed by atoms with Gasteiger partial charge in [-0.2, -0.15) is 0 Å². The van der Waals surface area contributed by atoms with Crippen LogP contribution < -0.4 is 0 Å². The van der Waals surface area contributed by atoms with Crippen LogP contribution in [0.5, 0.6) is 0 Å². The molecule has 0 bridgehead atoms. The molecule has 0 atom stereocenters. The molecule has 0 radical (unpaired) electrons. The summed E-state index contributed by atoms with van der Waals surface area (Å²) in [6, 6.07) is 5.02. The number of halogens is 1. The molecule has 5 nitrogen and oxygen atoms in total. The van der Waals surface area contributed by atoms with Gasteiger partial charge in [0.2, 0.25) is 0 Å². The fraction of sp³-hybridized carbons (Fsp3) is 0.300. The molecule has 0 unspecified atom stereocenters. The highest BCUT2D eigenvalue weighted by molar-refractivity contribution is 9.10. The molecule has 0 aliphatic carbocycles. The average Bonchev–Trinajstić information content (AvgIpc) is 2.15. The van der Waals surface area contributed by atoms with Crippen LogP contribution in [-0.4, -0.2) is 27.1 Å². The van der Waals surface area contributed by atoms with Crippen molar-refractivity contribution in [3.8, 4) is 0 Å². The van der Waals surface area contributed by atoms with Crippen LogP contribution in [-0.2, 0) is 9.59 Å². The Hall–Kier alpha value is -1.43. The second-order valence-electron chi connectivity index (χ2n) is 3.28. The van der Waals surface area contributed by atoms with Gasteiger partial charge in [0.1, 0.15) is 4.60 Å². The van der Waals surface area contributed by atoms with E-state index in [2.05, 4.69) is 20.9 Å². The molecule has 0 spiro atoms. The van der Waals surface area contributed by atoms with Gasteiger partial charge in [-0.1, -0.05) is 6.07 Å². The van der Waals surface area contributed by atoms with Crippen molar-refractivity contribution in [2.75, 3.05) is 0 Å². The molecule has 0 aliphatic rings.